The van der Waals surface area contributed by atoms with E-state index in [2.05, 4.69) is 0 Å². The Hall–Kier alpha value is -1.51. The first-order valence-electron chi connectivity index (χ1n) is 6.74. The molecule has 116 valence electrons. The molecule has 1 fully saturated rings. The molecule has 0 aliphatic carbocycles. The van der Waals surface area contributed by atoms with Crippen LogP contribution >= 0.6 is 0 Å². The monoisotopic (exact) mass is 313 g/mol. The van der Waals surface area contributed by atoms with Gasteiger partial charge in [0, 0.05) is 31.3 Å². The average Bonchev–Trinajstić information content (AvgIpc) is 2.41. The normalized spacial score (nSPS) is 24.0. The Morgan fingerprint density at radius 1 is 1.43 bits per heavy atom. The zero-order valence-electron chi connectivity index (χ0n) is 12.0. The highest BCUT2D eigenvalue weighted by Crippen LogP contribution is 2.27. The first-order valence-corrected chi connectivity index (χ1v) is 8.18. The van der Waals surface area contributed by atoms with Crippen molar-refractivity contribution in [3.63, 3.8) is 0 Å². The van der Waals surface area contributed by atoms with Gasteiger partial charge >= 0.3 is 0 Å². The van der Waals surface area contributed by atoms with Crippen molar-refractivity contribution in [2.45, 2.75) is 31.2 Å². The van der Waals surface area contributed by atoms with Crippen molar-refractivity contribution < 1.29 is 13.3 Å². The van der Waals surface area contributed by atoms with E-state index in [9.17, 15) is 18.5 Å². The minimum atomic E-state index is -3.76. The van der Waals surface area contributed by atoms with Crippen molar-refractivity contribution >= 4 is 15.7 Å². The molecule has 2 unspecified atom stereocenters. The molecule has 7 nitrogen and oxygen atoms in total. The number of nitro benzene ring substituents is 1. The first-order chi connectivity index (χ1) is 9.73. The molecule has 1 aromatic rings. The van der Waals surface area contributed by atoms with Gasteiger partial charge in [0.25, 0.3) is 5.69 Å². The molecule has 1 aliphatic rings. The van der Waals surface area contributed by atoms with E-state index in [1.165, 1.54) is 16.4 Å². The molecule has 1 aromatic carbocycles. The summed E-state index contributed by atoms with van der Waals surface area (Å²) >= 11 is 0. The molecule has 0 radical (unpaired) electrons. The van der Waals surface area contributed by atoms with Crippen LogP contribution in [0.1, 0.15) is 18.9 Å². The quantitative estimate of drug-likeness (QED) is 0.668. The number of nitro groups is 1. The molecule has 0 aromatic heterocycles. The fourth-order valence-corrected chi connectivity index (χ4v) is 4.14. The lowest BCUT2D eigenvalue weighted by atomic mass is 9.96. The summed E-state index contributed by atoms with van der Waals surface area (Å²) in [5, 5.41) is 10.8. The minimum Gasteiger partial charge on any atom is -0.326 e. The summed E-state index contributed by atoms with van der Waals surface area (Å²) < 4.78 is 26.7. The number of aryl methyl sites for hydroxylation is 1. The fraction of sp³-hybridized carbons (Fsp3) is 0.538. The molecule has 8 heteroatoms. The molecule has 2 N–H and O–H groups in total. The number of nitrogens with two attached hydrogens (primary N) is 1. The predicted octanol–water partition coefficient (Wildman–Crippen LogP) is 1.26. The van der Waals surface area contributed by atoms with Crippen molar-refractivity contribution in [2.24, 2.45) is 11.7 Å². The largest absolute Gasteiger partial charge is 0.326 e. The van der Waals surface area contributed by atoms with Crippen LogP contribution in [-0.4, -0.2) is 36.8 Å². The Balaban J connectivity index is 2.40. The predicted molar refractivity (Wildman–Crippen MR) is 78.3 cm³/mol. The summed E-state index contributed by atoms with van der Waals surface area (Å²) in [6, 6.07) is 3.66. The Kier molecular flexibility index (Phi) is 4.31. The minimum absolute atomic E-state index is 0.0153. The lowest BCUT2D eigenvalue weighted by Gasteiger charge is -2.34. The van der Waals surface area contributed by atoms with Crippen LogP contribution in [0.4, 0.5) is 5.69 Å². The zero-order valence-corrected chi connectivity index (χ0v) is 12.8. The average molecular weight is 313 g/mol. The Bertz CT molecular complexity index is 659. The zero-order chi connectivity index (χ0) is 15.8. The van der Waals surface area contributed by atoms with Crippen LogP contribution in [0.2, 0.25) is 0 Å². The van der Waals surface area contributed by atoms with E-state index in [1.807, 2.05) is 6.92 Å². The fourth-order valence-electron chi connectivity index (χ4n) is 2.41. The van der Waals surface area contributed by atoms with Crippen LogP contribution in [0.3, 0.4) is 0 Å². The molecule has 2 atom stereocenters. The van der Waals surface area contributed by atoms with Gasteiger partial charge < -0.3 is 5.73 Å². The lowest BCUT2D eigenvalue weighted by Crippen LogP contribution is -2.49. The van der Waals surface area contributed by atoms with Gasteiger partial charge in [-0.05, 0) is 24.8 Å². The summed E-state index contributed by atoms with van der Waals surface area (Å²) in [6.07, 6.45) is 0.689. The molecule has 1 saturated heterocycles. The Morgan fingerprint density at radius 2 is 2.10 bits per heavy atom. The summed E-state index contributed by atoms with van der Waals surface area (Å²) in [5.41, 5.74) is 6.21. The standard InChI is InChI=1S/C13H19N3O4S/c1-9-5-6-15(8-12(9)14)21(19,20)13-7-11(16(17)18)4-3-10(13)2/h3-4,7,9,12H,5-6,8,14H2,1-2H3. The summed E-state index contributed by atoms with van der Waals surface area (Å²) in [7, 11) is -3.76. The second-order valence-corrected chi connectivity index (χ2v) is 7.41. The SMILES string of the molecule is Cc1ccc([N+](=O)[O-])cc1S(=O)(=O)N1CCC(C)C(N)C1. The molecular formula is C13H19N3O4S. The van der Waals surface area contributed by atoms with E-state index in [1.54, 1.807) is 6.92 Å². The van der Waals surface area contributed by atoms with Crippen LogP contribution in [0.25, 0.3) is 0 Å². The van der Waals surface area contributed by atoms with Crippen molar-refractivity contribution in [3.8, 4) is 0 Å². The third kappa shape index (κ3) is 3.07. The Labute approximate surface area is 123 Å². The van der Waals surface area contributed by atoms with Crippen LogP contribution < -0.4 is 5.73 Å². The molecule has 0 bridgehead atoms. The number of piperidine rings is 1. The van der Waals surface area contributed by atoms with Gasteiger partial charge in [0.1, 0.15) is 0 Å². The third-order valence-electron chi connectivity index (χ3n) is 3.98. The maximum atomic E-state index is 12.7. The van der Waals surface area contributed by atoms with E-state index in [4.69, 9.17) is 5.73 Å². The van der Waals surface area contributed by atoms with Crippen LogP contribution in [0.15, 0.2) is 23.1 Å². The smallest absolute Gasteiger partial charge is 0.270 e. The molecule has 0 saturated carbocycles. The van der Waals surface area contributed by atoms with E-state index in [0.29, 0.717) is 18.5 Å². The van der Waals surface area contributed by atoms with Crippen LogP contribution in [-0.2, 0) is 10.0 Å². The van der Waals surface area contributed by atoms with E-state index in [-0.39, 0.29) is 29.1 Å². The highest BCUT2D eigenvalue weighted by atomic mass is 32.2. The summed E-state index contributed by atoms with van der Waals surface area (Å²) in [6.45, 7) is 4.25. The number of nitrogens with zero attached hydrogens (tertiary/aromatic N) is 2. The molecule has 0 spiro atoms. The molecule has 2 rings (SSSR count). The molecule has 0 amide bonds. The van der Waals surface area contributed by atoms with Gasteiger partial charge in [0.05, 0.1) is 9.82 Å². The lowest BCUT2D eigenvalue weighted by molar-refractivity contribution is -0.385. The van der Waals surface area contributed by atoms with Gasteiger partial charge in [-0.3, -0.25) is 10.1 Å². The van der Waals surface area contributed by atoms with Gasteiger partial charge in [0.2, 0.25) is 10.0 Å². The number of hydrogen-bond donors (Lipinski definition) is 1. The highest BCUT2D eigenvalue weighted by molar-refractivity contribution is 7.89. The first kappa shape index (κ1) is 15.9. The summed E-state index contributed by atoms with van der Waals surface area (Å²) in [4.78, 5) is 10.2. The van der Waals surface area contributed by atoms with Crippen LogP contribution in [0, 0.1) is 23.0 Å². The van der Waals surface area contributed by atoms with E-state index in [0.717, 1.165) is 6.07 Å². The van der Waals surface area contributed by atoms with Gasteiger partial charge in [-0.15, -0.1) is 0 Å². The molecule has 1 heterocycles. The second kappa shape index (κ2) is 5.70. The van der Waals surface area contributed by atoms with Gasteiger partial charge in [0.15, 0.2) is 0 Å². The number of hydrogen-bond acceptors (Lipinski definition) is 5. The topological polar surface area (TPSA) is 107 Å². The van der Waals surface area contributed by atoms with E-state index >= 15 is 0 Å². The van der Waals surface area contributed by atoms with Crippen molar-refractivity contribution in [3.05, 3.63) is 33.9 Å². The summed E-state index contributed by atoms with van der Waals surface area (Å²) in [5.74, 6) is 0.266. The number of rotatable bonds is 3. The third-order valence-corrected chi connectivity index (χ3v) is 5.99. The second-order valence-electron chi connectivity index (χ2n) is 5.50. The number of sulfonamides is 1. The van der Waals surface area contributed by atoms with E-state index < -0.39 is 14.9 Å². The van der Waals surface area contributed by atoms with Crippen LogP contribution in [0.5, 0.6) is 0 Å². The number of non-ortho nitro benzene ring substituents is 1. The maximum Gasteiger partial charge on any atom is 0.270 e. The van der Waals surface area contributed by atoms with Gasteiger partial charge in [-0.1, -0.05) is 13.0 Å². The van der Waals surface area contributed by atoms with Crippen molar-refractivity contribution in [1.82, 2.24) is 4.31 Å². The van der Waals surface area contributed by atoms with Crippen molar-refractivity contribution in [2.75, 3.05) is 13.1 Å². The number of benzene rings is 1. The Morgan fingerprint density at radius 3 is 2.67 bits per heavy atom. The molecular weight excluding hydrogens is 294 g/mol. The highest BCUT2D eigenvalue weighted by Gasteiger charge is 2.33. The van der Waals surface area contributed by atoms with Gasteiger partial charge in [-0.25, -0.2) is 8.42 Å². The molecule has 1 aliphatic heterocycles. The molecule has 21 heavy (non-hydrogen) atoms. The van der Waals surface area contributed by atoms with Gasteiger partial charge in [-0.2, -0.15) is 4.31 Å². The maximum absolute atomic E-state index is 12.7. The van der Waals surface area contributed by atoms with Crippen molar-refractivity contribution in [1.29, 1.82) is 0 Å².